The highest BCUT2D eigenvalue weighted by molar-refractivity contribution is 5.85. The van der Waals surface area contributed by atoms with Crippen LogP contribution in [0.15, 0.2) is 24.3 Å². The van der Waals surface area contributed by atoms with Gasteiger partial charge in [-0.3, -0.25) is 4.79 Å². The normalized spacial score (nSPS) is 15.8. The molecule has 136 valence electrons. The largest absolute Gasteiger partial charge is 0.573 e. The Labute approximate surface area is 145 Å². The lowest BCUT2D eigenvalue weighted by Crippen LogP contribution is -2.44. The number of rotatable bonds is 5. The van der Waals surface area contributed by atoms with Crippen molar-refractivity contribution in [3.63, 3.8) is 0 Å². The van der Waals surface area contributed by atoms with E-state index in [0.717, 1.165) is 12.8 Å². The summed E-state index contributed by atoms with van der Waals surface area (Å²) >= 11 is 0. The highest BCUT2D eigenvalue weighted by atomic mass is 35.5. The van der Waals surface area contributed by atoms with Crippen molar-refractivity contribution in [2.75, 3.05) is 20.1 Å². The first kappa shape index (κ1) is 20.6. The molecule has 0 unspecified atom stereocenters. The molecule has 1 aromatic carbocycles. The van der Waals surface area contributed by atoms with Crippen LogP contribution in [0.2, 0.25) is 0 Å². The SMILES string of the molecule is CNC1CCN(C(=O)CCc2ccccc2OC(F)(F)F)CC1.Cl. The third-order valence-electron chi connectivity index (χ3n) is 4.06. The third-order valence-corrected chi connectivity index (χ3v) is 4.06. The summed E-state index contributed by atoms with van der Waals surface area (Å²) in [6.07, 6.45) is -2.51. The average Bonchev–Trinajstić information content (AvgIpc) is 2.52. The van der Waals surface area contributed by atoms with E-state index < -0.39 is 6.36 Å². The quantitative estimate of drug-likeness (QED) is 0.870. The van der Waals surface area contributed by atoms with Crippen molar-refractivity contribution in [2.24, 2.45) is 0 Å². The van der Waals surface area contributed by atoms with Crippen LogP contribution < -0.4 is 10.1 Å². The summed E-state index contributed by atoms with van der Waals surface area (Å²) in [6, 6.07) is 6.38. The number of carbonyl (C=O) groups is 1. The van der Waals surface area contributed by atoms with E-state index in [9.17, 15) is 18.0 Å². The molecule has 4 nitrogen and oxygen atoms in total. The Balaban J connectivity index is 0.00000288. The van der Waals surface area contributed by atoms with E-state index in [4.69, 9.17) is 0 Å². The zero-order valence-electron chi connectivity index (χ0n) is 13.4. The number of nitrogens with zero attached hydrogens (tertiary/aromatic N) is 1. The molecule has 0 radical (unpaired) electrons. The fourth-order valence-electron chi connectivity index (χ4n) is 2.75. The molecule has 24 heavy (non-hydrogen) atoms. The number of benzene rings is 1. The molecule has 0 aliphatic carbocycles. The van der Waals surface area contributed by atoms with E-state index in [2.05, 4.69) is 10.1 Å². The van der Waals surface area contributed by atoms with Crippen molar-refractivity contribution >= 4 is 18.3 Å². The molecule has 0 atom stereocenters. The Kier molecular flexibility index (Phi) is 7.83. The van der Waals surface area contributed by atoms with Crippen molar-refractivity contribution < 1.29 is 22.7 Å². The molecule has 1 fully saturated rings. The van der Waals surface area contributed by atoms with Gasteiger partial charge >= 0.3 is 6.36 Å². The van der Waals surface area contributed by atoms with E-state index in [1.165, 1.54) is 12.1 Å². The van der Waals surface area contributed by atoms with Crippen LogP contribution in [0.1, 0.15) is 24.8 Å². The second-order valence-electron chi connectivity index (χ2n) is 5.60. The van der Waals surface area contributed by atoms with E-state index in [-0.39, 0.29) is 36.9 Å². The number of aryl methyl sites for hydroxylation is 1. The summed E-state index contributed by atoms with van der Waals surface area (Å²) in [5.41, 5.74) is 0.392. The molecular weight excluding hydrogens is 345 g/mol. The van der Waals surface area contributed by atoms with Crippen LogP contribution in [0.25, 0.3) is 0 Å². The summed E-state index contributed by atoms with van der Waals surface area (Å²) < 4.78 is 41.1. The lowest BCUT2D eigenvalue weighted by Gasteiger charge is -2.32. The number of carbonyl (C=O) groups excluding carboxylic acids is 1. The molecule has 0 aromatic heterocycles. The fourth-order valence-corrected chi connectivity index (χ4v) is 2.75. The molecule has 1 amide bonds. The van der Waals surface area contributed by atoms with Crippen molar-refractivity contribution in [2.45, 2.75) is 38.1 Å². The number of para-hydroxylation sites is 1. The van der Waals surface area contributed by atoms with E-state index in [1.54, 1.807) is 17.0 Å². The monoisotopic (exact) mass is 366 g/mol. The standard InChI is InChI=1S/C16H21F3N2O2.ClH/c1-20-13-8-10-21(11-9-13)15(22)7-6-12-4-2-3-5-14(12)23-16(17,18)19;/h2-5,13,20H,6-11H2,1H3;1H. The minimum Gasteiger partial charge on any atom is -0.406 e. The first-order valence-corrected chi connectivity index (χ1v) is 7.68. The average molecular weight is 367 g/mol. The summed E-state index contributed by atoms with van der Waals surface area (Å²) in [6.45, 7) is 1.37. The number of hydrogen-bond donors (Lipinski definition) is 1. The van der Waals surface area contributed by atoms with Crippen LogP contribution in [-0.4, -0.2) is 43.3 Å². The number of alkyl halides is 3. The predicted octanol–water partition coefficient (Wildman–Crippen LogP) is 3.15. The number of piperidine rings is 1. The van der Waals surface area contributed by atoms with Crippen molar-refractivity contribution in [3.05, 3.63) is 29.8 Å². The van der Waals surface area contributed by atoms with Gasteiger partial charge in [0.05, 0.1) is 0 Å². The van der Waals surface area contributed by atoms with Gasteiger partial charge in [-0.1, -0.05) is 18.2 Å². The van der Waals surface area contributed by atoms with Gasteiger partial charge in [-0.05, 0) is 37.9 Å². The van der Waals surface area contributed by atoms with Gasteiger partial charge in [-0.15, -0.1) is 25.6 Å². The zero-order chi connectivity index (χ0) is 16.9. The number of amides is 1. The summed E-state index contributed by atoms with van der Waals surface area (Å²) in [5.74, 6) is -0.261. The molecule has 1 heterocycles. The minimum atomic E-state index is -4.73. The molecule has 1 N–H and O–H groups in total. The van der Waals surface area contributed by atoms with Crippen LogP contribution in [0, 0.1) is 0 Å². The number of likely N-dealkylation sites (tertiary alicyclic amines) is 1. The van der Waals surface area contributed by atoms with Crippen LogP contribution in [0.3, 0.4) is 0 Å². The molecule has 1 aliphatic heterocycles. The first-order chi connectivity index (χ1) is 10.9. The van der Waals surface area contributed by atoms with E-state index in [1.807, 2.05) is 7.05 Å². The Hall–Kier alpha value is -1.47. The van der Waals surface area contributed by atoms with Gasteiger partial charge in [0.1, 0.15) is 5.75 Å². The molecule has 1 aromatic rings. The Morgan fingerprint density at radius 2 is 1.92 bits per heavy atom. The first-order valence-electron chi connectivity index (χ1n) is 7.68. The van der Waals surface area contributed by atoms with E-state index in [0.29, 0.717) is 24.7 Å². The maximum Gasteiger partial charge on any atom is 0.573 e. The number of nitrogens with one attached hydrogen (secondary N) is 1. The highest BCUT2D eigenvalue weighted by Crippen LogP contribution is 2.27. The maximum absolute atomic E-state index is 12.4. The molecule has 0 bridgehead atoms. The molecule has 0 saturated carbocycles. The van der Waals surface area contributed by atoms with Crippen molar-refractivity contribution in [1.82, 2.24) is 10.2 Å². The Morgan fingerprint density at radius 1 is 1.29 bits per heavy atom. The second kappa shape index (κ2) is 9.13. The smallest absolute Gasteiger partial charge is 0.406 e. The molecule has 0 spiro atoms. The lowest BCUT2D eigenvalue weighted by atomic mass is 10.0. The van der Waals surface area contributed by atoms with Crippen LogP contribution >= 0.6 is 12.4 Å². The molecular formula is C16H22ClF3N2O2. The highest BCUT2D eigenvalue weighted by Gasteiger charge is 2.32. The predicted molar refractivity (Wildman–Crippen MR) is 87.4 cm³/mol. The van der Waals surface area contributed by atoms with Gasteiger partial charge in [-0.25, -0.2) is 0 Å². The van der Waals surface area contributed by atoms with Crippen molar-refractivity contribution in [1.29, 1.82) is 0 Å². The van der Waals surface area contributed by atoms with Gasteiger partial charge in [0, 0.05) is 25.6 Å². The zero-order valence-corrected chi connectivity index (χ0v) is 14.3. The number of hydrogen-bond acceptors (Lipinski definition) is 3. The van der Waals surface area contributed by atoms with Crippen LogP contribution in [0.5, 0.6) is 5.75 Å². The third kappa shape index (κ3) is 6.20. The summed E-state index contributed by atoms with van der Waals surface area (Å²) in [7, 11) is 1.90. The maximum atomic E-state index is 12.4. The molecule has 8 heteroatoms. The molecule has 1 aliphatic rings. The van der Waals surface area contributed by atoms with Gasteiger partial charge in [0.15, 0.2) is 0 Å². The Bertz CT molecular complexity index is 532. The fraction of sp³-hybridized carbons (Fsp3) is 0.562. The molecule has 1 saturated heterocycles. The van der Waals surface area contributed by atoms with E-state index >= 15 is 0 Å². The Morgan fingerprint density at radius 3 is 2.50 bits per heavy atom. The van der Waals surface area contributed by atoms with Crippen LogP contribution in [-0.2, 0) is 11.2 Å². The van der Waals surface area contributed by atoms with Gasteiger partial charge in [0.2, 0.25) is 5.91 Å². The minimum absolute atomic E-state index is 0. The summed E-state index contributed by atoms with van der Waals surface area (Å²) in [5, 5.41) is 3.19. The second-order valence-corrected chi connectivity index (χ2v) is 5.60. The lowest BCUT2D eigenvalue weighted by molar-refractivity contribution is -0.274. The van der Waals surface area contributed by atoms with Gasteiger partial charge in [-0.2, -0.15) is 0 Å². The number of ether oxygens (including phenoxy) is 1. The van der Waals surface area contributed by atoms with Gasteiger partial charge < -0.3 is 15.0 Å². The summed E-state index contributed by atoms with van der Waals surface area (Å²) in [4.78, 5) is 14.0. The molecule has 2 rings (SSSR count). The van der Waals surface area contributed by atoms with Crippen molar-refractivity contribution in [3.8, 4) is 5.75 Å². The van der Waals surface area contributed by atoms with Gasteiger partial charge in [0.25, 0.3) is 0 Å². The topological polar surface area (TPSA) is 41.6 Å². The number of halogens is 4. The van der Waals surface area contributed by atoms with Crippen LogP contribution in [0.4, 0.5) is 13.2 Å².